The maximum absolute atomic E-state index is 13.1. The van der Waals surface area contributed by atoms with Crippen LogP contribution in [-0.2, 0) is 4.79 Å². The third kappa shape index (κ3) is 12.6. The number of amides is 3. The van der Waals surface area contributed by atoms with E-state index in [0.717, 1.165) is 35.4 Å². The van der Waals surface area contributed by atoms with Gasteiger partial charge in [0, 0.05) is 44.7 Å². The summed E-state index contributed by atoms with van der Waals surface area (Å²) in [5.74, 6) is -0.0585. The molecule has 1 heterocycles. The van der Waals surface area contributed by atoms with Crippen LogP contribution in [0.2, 0.25) is 0 Å². The van der Waals surface area contributed by atoms with Crippen LogP contribution >= 0.6 is 0 Å². The number of rotatable bonds is 6. The van der Waals surface area contributed by atoms with Gasteiger partial charge >= 0.3 is 6.03 Å². The summed E-state index contributed by atoms with van der Waals surface area (Å²) in [6.07, 6.45) is 8.29. The van der Waals surface area contributed by atoms with Gasteiger partial charge in [-0.25, -0.2) is 13.6 Å². The molecule has 0 spiro atoms. The Kier molecular flexibility index (Phi) is 16.7. The van der Waals surface area contributed by atoms with Gasteiger partial charge < -0.3 is 15.2 Å². The summed E-state index contributed by atoms with van der Waals surface area (Å²) in [4.78, 5) is 27.2. The molecule has 3 amide bonds. The number of allylic oxidation sites excluding steroid dienone is 2. The van der Waals surface area contributed by atoms with Crippen LogP contribution in [0.4, 0.5) is 28.1 Å². The van der Waals surface area contributed by atoms with E-state index in [9.17, 15) is 27.2 Å². The van der Waals surface area contributed by atoms with Gasteiger partial charge in [-0.1, -0.05) is 53.6 Å². The third-order valence-corrected chi connectivity index (χ3v) is 4.52. The highest BCUT2D eigenvalue weighted by Gasteiger charge is 2.14. The molecule has 0 aliphatic carbocycles. The number of hydrogen-bond acceptors (Lipinski definition) is 2. The topological polar surface area (TPSA) is 68.4 Å². The number of H-pyrrole nitrogens is 1. The van der Waals surface area contributed by atoms with Crippen molar-refractivity contribution < 1.29 is 27.2 Å². The Hall–Kier alpha value is -4.34. The molecule has 0 fully saturated rings. The molecule has 2 rings (SSSR count). The molecule has 2 N–H and O–H groups in total. The number of aromatic nitrogens is 1. The van der Waals surface area contributed by atoms with E-state index >= 15 is 0 Å². The molecule has 0 atom stereocenters. The molecule has 10 heteroatoms. The van der Waals surface area contributed by atoms with Crippen molar-refractivity contribution in [2.75, 3.05) is 33.4 Å². The van der Waals surface area contributed by atoms with E-state index in [1.54, 1.807) is 26.2 Å². The molecule has 0 aliphatic heterocycles. The summed E-state index contributed by atoms with van der Waals surface area (Å²) >= 11 is 0. The first-order valence-electron chi connectivity index (χ1n) is 11.2. The number of urea groups is 1. The average Bonchev–Trinajstić information content (AvgIpc) is 3.02. The minimum absolute atomic E-state index is 0.0585. The Morgan fingerprint density at radius 1 is 1.05 bits per heavy atom. The second kappa shape index (κ2) is 18.9. The van der Waals surface area contributed by atoms with Gasteiger partial charge in [-0.05, 0) is 48.4 Å². The highest BCUT2D eigenvalue weighted by molar-refractivity contribution is 5.96. The van der Waals surface area contributed by atoms with Crippen molar-refractivity contribution in [1.82, 2.24) is 15.2 Å². The van der Waals surface area contributed by atoms with Crippen LogP contribution < -0.4 is 10.4 Å². The van der Waals surface area contributed by atoms with E-state index in [2.05, 4.69) is 22.9 Å². The first kappa shape index (κ1) is 33.7. The average molecular weight is 535 g/mol. The molecule has 38 heavy (non-hydrogen) atoms. The van der Waals surface area contributed by atoms with E-state index in [4.69, 9.17) is 0 Å². The normalized spacial score (nSPS) is 10.3. The standard InChI is InChI=1S/C18H22N2O.C9H9F3N2O.CH3F/c1-5-17(18(21)20(3)4)10-6-8-16-9-7-12-19-13-11-15(2)14-16;1-13-9(15)14(12)7-4-2-6(3-5-7)8(10)11;1-2/h5-14,19H,1H2,2-4H3;2-5,8H,1H3,(H,13,15);1H3/b8-6+,12-7?,13-11?,15-14?,16-9?,17-10+;;. The van der Waals surface area contributed by atoms with Crippen LogP contribution in [0, 0.1) is 6.92 Å². The van der Waals surface area contributed by atoms with Crippen molar-refractivity contribution in [1.29, 1.82) is 0 Å². The number of aryl methyl sites for hydroxylation is 1. The predicted molar refractivity (Wildman–Crippen MR) is 146 cm³/mol. The van der Waals surface area contributed by atoms with Gasteiger partial charge in [0.15, 0.2) is 0 Å². The minimum Gasteiger partial charge on any atom is -0.368 e. The molecular weight excluding hydrogens is 500 g/mol. The van der Waals surface area contributed by atoms with Crippen molar-refractivity contribution in [3.63, 3.8) is 0 Å². The van der Waals surface area contributed by atoms with E-state index < -0.39 is 12.5 Å². The van der Waals surface area contributed by atoms with E-state index in [1.165, 1.54) is 11.9 Å². The number of nitrogens with zero attached hydrogens (tertiary/aromatic N) is 2. The maximum atomic E-state index is 13.1. The van der Waals surface area contributed by atoms with Gasteiger partial charge in [0.1, 0.15) is 0 Å². The number of benzene rings is 1. The second-order valence-electron chi connectivity index (χ2n) is 7.53. The van der Waals surface area contributed by atoms with Crippen LogP contribution in [0.25, 0.3) is 6.08 Å². The summed E-state index contributed by atoms with van der Waals surface area (Å²) < 4.78 is 46.9. The summed E-state index contributed by atoms with van der Waals surface area (Å²) in [6.45, 7) is 5.71. The van der Waals surface area contributed by atoms with Crippen molar-refractivity contribution in [3.8, 4) is 0 Å². The first-order valence-corrected chi connectivity index (χ1v) is 11.2. The Bertz CT molecular complexity index is 1130. The lowest BCUT2D eigenvalue weighted by Crippen LogP contribution is -2.31. The summed E-state index contributed by atoms with van der Waals surface area (Å²) in [7, 11) is 5.21. The molecule has 0 unspecified atom stereocenters. The number of nitrogens with one attached hydrogen (secondary N) is 2. The summed E-state index contributed by atoms with van der Waals surface area (Å²) in [5.41, 5.74) is 2.44. The minimum atomic E-state index is -2.60. The molecule has 0 radical (unpaired) electrons. The number of anilines is 1. The fraction of sp³-hybridized carbons (Fsp3) is 0.214. The van der Waals surface area contributed by atoms with Crippen LogP contribution in [0.1, 0.15) is 23.1 Å². The summed E-state index contributed by atoms with van der Waals surface area (Å²) in [5, 5.41) is 1.91. The van der Waals surface area contributed by atoms with E-state index in [-0.39, 0.29) is 22.3 Å². The predicted octanol–water partition coefficient (Wildman–Crippen LogP) is 6.90. The van der Waals surface area contributed by atoms with Crippen molar-refractivity contribution in [3.05, 3.63) is 108 Å². The Morgan fingerprint density at radius 3 is 2.21 bits per heavy atom. The molecule has 6 nitrogen and oxygen atoms in total. The third-order valence-electron chi connectivity index (χ3n) is 4.52. The van der Waals surface area contributed by atoms with Crippen LogP contribution in [0.15, 0.2) is 91.3 Å². The molecule has 1 aromatic carbocycles. The zero-order valence-electron chi connectivity index (χ0n) is 22.1. The van der Waals surface area contributed by atoms with Gasteiger partial charge in [-0.3, -0.25) is 9.18 Å². The van der Waals surface area contributed by atoms with Crippen LogP contribution in [-0.4, -0.2) is 50.1 Å². The number of aromatic amines is 1. The molecular formula is C28H34F4N4O2. The van der Waals surface area contributed by atoms with Gasteiger partial charge in [0.05, 0.1) is 12.9 Å². The highest BCUT2D eigenvalue weighted by Crippen LogP contribution is 2.22. The van der Waals surface area contributed by atoms with E-state index in [0.29, 0.717) is 12.8 Å². The van der Waals surface area contributed by atoms with Crippen molar-refractivity contribution in [2.24, 2.45) is 0 Å². The number of alkyl halides is 3. The molecule has 0 saturated heterocycles. The smallest absolute Gasteiger partial charge is 0.350 e. The Labute approximate surface area is 221 Å². The maximum Gasteiger partial charge on any atom is 0.350 e. The van der Waals surface area contributed by atoms with Crippen LogP contribution in [0.5, 0.6) is 0 Å². The quantitative estimate of drug-likeness (QED) is 0.183. The molecule has 0 aliphatic rings. The fourth-order valence-corrected chi connectivity index (χ4v) is 2.63. The van der Waals surface area contributed by atoms with Gasteiger partial charge in [-0.2, -0.15) is 0 Å². The van der Waals surface area contributed by atoms with Gasteiger partial charge in [-0.15, -0.1) is 5.12 Å². The van der Waals surface area contributed by atoms with Crippen LogP contribution in [0.3, 0.4) is 0 Å². The zero-order valence-corrected chi connectivity index (χ0v) is 22.1. The number of carbonyl (C=O) groups is 2. The molecule has 0 bridgehead atoms. The number of likely N-dealkylation sites (N-methyl/N-ethyl adjacent to an activating group) is 1. The van der Waals surface area contributed by atoms with E-state index in [1.807, 2.05) is 49.7 Å². The molecule has 2 aromatic rings. The van der Waals surface area contributed by atoms with Crippen molar-refractivity contribution in [2.45, 2.75) is 13.3 Å². The second-order valence-corrected chi connectivity index (χ2v) is 7.53. The SMILES string of the molecule is C=C/C(=C\C=C\c1ccc[nH]ccc(C)c1)C(=O)N(C)C.CF.CNC(=O)N(F)c1ccc(C(F)F)cc1. The number of carbonyl (C=O) groups excluding carboxylic acids is 2. The molecule has 0 saturated carbocycles. The summed E-state index contributed by atoms with van der Waals surface area (Å²) in [6, 6.07) is 11.4. The van der Waals surface area contributed by atoms with Crippen molar-refractivity contribution >= 4 is 23.7 Å². The van der Waals surface area contributed by atoms with Gasteiger partial charge in [0.2, 0.25) is 0 Å². The number of hydrogen-bond donors (Lipinski definition) is 2. The largest absolute Gasteiger partial charge is 0.368 e. The number of halogens is 4. The Morgan fingerprint density at radius 2 is 1.68 bits per heavy atom. The lowest BCUT2D eigenvalue weighted by atomic mass is 10.1. The zero-order chi connectivity index (χ0) is 29.1. The highest BCUT2D eigenvalue weighted by atomic mass is 19.3. The van der Waals surface area contributed by atoms with Gasteiger partial charge in [0.25, 0.3) is 12.3 Å². The molecule has 1 aromatic heterocycles. The molecule has 206 valence electrons. The first-order chi connectivity index (χ1) is 18.1. The lowest BCUT2D eigenvalue weighted by Gasteiger charge is -2.11. The monoisotopic (exact) mass is 534 g/mol. The fourth-order valence-electron chi connectivity index (χ4n) is 2.63. The Balaban J connectivity index is 0.000000709. The lowest BCUT2D eigenvalue weighted by molar-refractivity contribution is -0.124.